The van der Waals surface area contributed by atoms with Gasteiger partial charge >= 0.3 is 0 Å². The number of hydrogen-bond donors (Lipinski definition) is 2. The van der Waals surface area contributed by atoms with E-state index >= 15 is 0 Å². The van der Waals surface area contributed by atoms with Crippen LogP contribution >= 0.6 is 0 Å². The quantitative estimate of drug-likeness (QED) is 0.237. The number of rotatable bonds is 14. The van der Waals surface area contributed by atoms with Crippen LogP contribution in [-0.2, 0) is 0 Å². The van der Waals surface area contributed by atoms with Crippen LogP contribution < -0.4 is 0 Å². The van der Waals surface area contributed by atoms with E-state index in [0.717, 1.165) is 19.3 Å². The van der Waals surface area contributed by atoms with E-state index in [9.17, 15) is 10.2 Å². The van der Waals surface area contributed by atoms with Crippen molar-refractivity contribution in [1.29, 1.82) is 0 Å². The molecule has 2 N–H and O–H groups in total. The SMILES string of the molecule is CCCC[C@H](C)C[C@H](O)C=C[C@H]1[C@H](O)C[C@@]2(CCCCCCN3CCCCC3)C=CC[C@@H]12. The predicted molar refractivity (Wildman–Crippen MR) is 136 cm³/mol. The Morgan fingerprint density at radius 2 is 1.88 bits per heavy atom. The van der Waals surface area contributed by atoms with Crippen LogP contribution in [0.5, 0.6) is 0 Å². The fourth-order valence-corrected chi connectivity index (χ4v) is 6.74. The molecule has 0 spiro atoms. The molecule has 3 heteroatoms. The molecule has 0 bridgehead atoms. The molecule has 0 unspecified atom stereocenters. The third-order valence-electron chi connectivity index (χ3n) is 8.64. The minimum Gasteiger partial charge on any atom is -0.392 e. The lowest BCUT2D eigenvalue weighted by atomic mass is 9.74. The molecule has 0 radical (unpaired) electrons. The van der Waals surface area contributed by atoms with Crippen molar-refractivity contribution in [3.63, 3.8) is 0 Å². The van der Waals surface area contributed by atoms with Crippen LogP contribution in [0, 0.1) is 23.2 Å². The highest BCUT2D eigenvalue weighted by molar-refractivity contribution is 5.21. The number of nitrogens with zero attached hydrogens (tertiary/aromatic N) is 1. The van der Waals surface area contributed by atoms with E-state index in [0.29, 0.717) is 11.8 Å². The summed E-state index contributed by atoms with van der Waals surface area (Å²) < 4.78 is 0. The molecule has 32 heavy (non-hydrogen) atoms. The normalized spacial score (nSPS) is 32.6. The number of aliphatic hydroxyl groups is 2. The zero-order chi connectivity index (χ0) is 22.8. The summed E-state index contributed by atoms with van der Waals surface area (Å²) in [5, 5.41) is 21.4. The molecule has 3 rings (SSSR count). The fraction of sp³-hybridized carbons (Fsp3) is 0.862. The first kappa shape index (κ1) is 26.0. The van der Waals surface area contributed by atoms with Crippen LogP contribution in [0.15, 0.2) is 24.3 Å². The number of likely N-dealkylation sites (tertiary alicyclic amines) is 1. The summed E-state index contributed by atoms with van der Waals surface area (Å²) in [6, 6.07) is 0. The maximum absolute atomic E-state index is 10.9. The number of piperidine rings is 1. The predicted octanol–water partition coefficient (Wildman–Crippen LogP) is 6.50. The molecule has 0 aromatic carbocycles. The highest BCUT2D eigenvalue weighted by Crippen LogP contribution is 2.56. The average molecular weight is 446 g/mol. The van der Waals surface area contributed by atoms with Crippen LogP contribution in [0.25, 0.3) is 0 Å². The number of hydrogen-bond acceptors (Lipinski definition) is 3. The molecule has 3 aliphatic rings. The summed E-state index contributed by atoms with van der Waals surface area (Å²) in [5.41, 5.74) is 0.195. The minimum absolute atomic E-state index is 0.195. The van der Waals surface area contributed by atoms with Crippen molar-refractivity contribution in [2.24, 2.45) is 23.2 Å². The molecule has 1 aliphatic heterocycles. The molecule has 1 saturated heterocycles. The zero-order valence-corrected chi connectivity index (χ0v) is 21.1. The van der Waals surface area contributed by atoms with Crippen molar-refractivity contribution in [3.8, 4) is 0 Å². The van der Waals surface area contributed by atoms with E-state index in [1.54, 1.807) is 0 Å². The summed E-state index contributed by atoms with van der Waals surface area (Å²) >= 11 is 0. The van der Waals surface area contributed by atoms with Gasteiger partial charge in [0, 0.05) is 5.92 Å². The van der Waals surface area contributed by atoms with Crippen molar-refractivity contribution in [1.82, 2.24) is 4.90 Å². The lowest BCUT2D eigenvalue weighted by molar-refractivity contribution is 0.138. The van der Waals surface area contributed by atoms with Gasteiger partial charge < -0.3 is 15.1 Å². The van der Waals surface area contributed by atoms with Crippen LogP contribution in [0.1, 0.15) is 104 Å². The van der Waals surface area contributed by atoms with E-state index in [-0.39, 0.29) is 23.5 Å². The molecule has 184 valence electrons. The highest BCUT2D eigenvalue weighted by atomic mass is 16.3. The second kappa shape index (κ2) is 13.3. The van der Waals surface area contributed by atoms with Crippen LogP contribution in [0.2, 0.25) is 0 Å². The molecule has 6 atom stereocenters. The summed E-state index contributed by atoms with van der Waals surface area (Å²) in [6.07, 6.45) is 25.5. The molecule has 0 amide bonds. The molecular weight excluding hydrogens is 394 g/mol. The largest absolute Gasteiger partial charge is 0.392 e. The number of aliphatic hydroxyl groups excluding tert-OH is 2. The van der Waals surface area contributed by atoms with Gasteiger partial charge in [0.15, 0.2) is 0 Å². The zero-order valence-electron chi connectivity index (χ0n) is 21.1. The van der Waals surface area contributed by atoms with Crippen molar-refractivity contribution < 1.29 is 10.2 Å². The molecular formula is C29H51NO2. The van der Waals surface area contributed by atoms with Gasteiger partial charge in [0.05, 0.1) is 12.2 Å². The van der Waals surface area contributed by atoms with E-state index in [4.69, 9.17) is 0 Å². The summed E-state index contributed by atoms with van der Waals surface area (Å²) in [5.74, 6) is 1.28. The van der Waals surface area contributed by atoms with Gasteiger partial charge in [0.25, 0.3) is 0 Å². The third kappa shape index (κ3) is 7.43. The van der Waals surface area contributed by atoms with E-state index in [1.807, 2.05) is 6.08 Å². The number of allylic oxidation sites excluding steroid dienone is 2. The molecule has 1 heterocycles. The standard InChI is InChI=1S/C29H51NO2/c1-3-4-13-24(2)22-25(31)15-16-26-27-14-12-18-29(27,23-28(26)32)17-8-5-6-9-19-30-20-10-7-11-21-30/h12,15-16,18,24-28,31-32H,3-11,13-14,17,19-23H2,1-2H3/t24-,25+,26+,27-,28+,29+/m0/s1. The average Bonchev–Trinajstić information content (AvgIpc) is 3.29. The van der Waals surface area contributed by atoms with E-state index in [1.165, 1.54) is 90.3 Å². The van der Waals surface area contributed by atoms with Crippen LogP contribution in [-0.4, -0.2) is 47.0 Å². The van der Waals surface area contributed by atoms with E-state index < -0.39 is 0 Å². The van der Waals surface area contributed by atoms with Gasteiger partial charge in [-0.2, -0.15) is 0 Å². The molecule has 3 nitrogen and oxygen atoms in total. The molecule has 0 aromatic heterocycles. The third-order valence-corrected chi connectivity index (χ3v) is 8.64. The number of fused-ring (bicyclic) bond motifs is 1. The van der Waals surface area contributed by atoms with Gasteiger partial charge in [0.2, 0.25) is 0 Å². The fourth-order valence-electron chi connectivity index (χ4n) is 6.74. The van der Waals surface area contributed by atoms with Gasteiger partial charge in [-0.05, 0) is 81.8 Å². The monoisotopic (exact) mass is 445 g/mol. The Labute approximate surface area is 198 Å². The Morgan fingerprint density at radius 1 is 1.09 bits per heavy atom. The van der Waals surface area contributed by atoms with Crippen molar-refractivity contribution in [3.05, 3.63) is 24.3 Å². The number of unbranched alkanes of at least 4 members (excludes halogenated alkanes) is 4. The minimum atomic E-state index is -0.377. The first-order chi connectivity index (χ1) is 15.5. The summed E-state index contributed by atoms with van der Waals surface area (Å²) in [4.78, 5) is 2.65. The van der Waals surface area contributed by atoms with Gasteiger partial charge in [-0.25, -0.2) is 0 Å². The van der Waals surface area contributed by atoms with Crippen LogP contribution in [0.3, 0.4) is 0 Å². The van der Waals surface area contributed by atoms with Gasteiger partial charge in [0.1, 0.15) is 0 Å². The Balaban J connectivity index is 1.40. The maximum atomic E-state index is 10.9. The Bertz CT molecular complexity index is 582. The lowest BCUT2D eigenvalue weighted by Crippen LogP contribution is -2.30. The first-order valence-electron chi connectivity index (χ1n) is 14.0. The summed E-state index contributed by atoms with van der Waals surface area (Å²) in [7, 11) is 0. The molecule has 1 saturated carbocycles. The Hall–Kier alpha value is -0.640. The molecule has 0 aromatic rings. The lowest BCUT2D eigenvalue weighted by Gasteiger charge is -2.30. The second-order valence-corrected chi connectivity index (χ2v) is 11.3. The topological polar surface area (TPSA) is 43.7 Å². The smallest absolute Gasteiger partial charge is 0.0723 e. The second-order valence-electron chi connectivity index (χ2n) is 11.3. The Morgan fingerprint density at radius 3 is 2.66 bits per heavy atom. The van der Waals surface area contributed by atoms with Gasteiger partial charge in [-0.3, -0.25) is 0 Å². The van der Waals surface area contributed by atoms with Gasteiger partial charge in [-0.15, -0.1) is 0 Å². The molecule has 2 aliphatic carbocycles. The first-order valence-corrected chi connectivity index (χ1v) is 14.0. The van der Waals surface area contributed by atoms with E-state index in [2.05, 4.69) is 37.0 Å². The highest BCUT2D eigenvalue weighted by Gasteiger charge is 2.51. The van der Waals surface area contributed by atoms with Crippen LogP contribution in [0.4, 0.5) is 0 Å². The Kier molecular flexibility index (Phi) is 10.8. The van der Waals surface area contributed by atoms with Gasteiger partial charge in [-0.1, -0.05) is 83.1 Å². The van der Waals surface area contributed by atoms with Crippen molar-refractivity contribution >= 4 is 0 Å². The van der Waals surface area contributed by atoms with Crippen molar-refractivity contribution in [2.75, 3.05) is 19.6 Å². The molecule has 2 fully saturated rings. The summed E-state index contributed by atoms with van der Waals surface area (Å²) in [6.45, 7) is 8.39. The van der Waals surface area contributed by atoms with Crippen molar-refractivity contribution in [2.45, 2.75) is 116 Å². The maximum Gasteiger partial charge on any atom is 0.0723 e.